The minimum Gasteiger partial charge on any atom is -0.484 e. The van der Waals surface area contributed by atoms with Gasteiger partial charge in [-0.15, -0.1) is 0 Å². The molecule has 0 aliphatic carbocycles. The predicted molar refractivity (Wildman–Crippen MR) is 98.1 cm³/mol. The number of rotatable bonds is 6. The molecule has 3 aromatic rings. The molecule has 0 radical (unpaired) electrons. The van der Waals surface area contributed by atoms with Crippen molar-refractivity contribution >= 4 is 0 Å². The second-order valence-corrected chi connectivity index (χ2v) is 6.19. The van der Waals surface area contributed by atoms with Crippen molar-refractivity contribution in [2.24, 2.45) is 0 Å². The number of hydrogen-bond acceptors (Lipinski definition) is 1. The van der Waals surface area contributed by atoms with E-state index in [0.29, 0.717) is 11.1 Å². The maximum atomic E-state index is 14.6. The summed E-state index contributed by atoms with van der Waals surface area (Å²) >= 11 is 0. The number of hydrogen-bond donors (Lipinski definition) is 0. The molecule has 0 aliphatic rings. The average molecular weight is 392 g/mol. The van der Waals surface area contributed by atoms with Crippen molar-refractivity contribution in [2.45, 2.75) is 19.8 Å². The topological polar surface area (TPSA) is 9.23 Å². The van der Waals surface area contributed by atoms with Gasteiger partial charge in [0.2, 0.25) is 5.82 Å². The van der Waals surface area contributed by atoms with Crippen molar-refractivity contribution < 1.29 is 26.7 Å². The largest absolute Gasteiger partial charge is 0.484 e. The normalized spacial score (nSPS) is 11.1. The van der Waals surface area contributed by atoms with E-state index in [1.54, 1.807) is 12.1 Å². The number of alkyl halides is 2. The zero-order chi connectivity index (χ0) is 20.3. The quantitative estimate of drug-likeness (QED) is 0.427. The first-order valence-corrected chi connectivity index (χ1v) is 8.69. The summed E-state index contributed by atoms with van der Waals surface area (Å²) in [5.74, 6) is -3.88. The summed E-state index contributed by atoms with van der Waals surface area (Å²) < 4.78 is 71.9. The number of ether oxygens (including phenoxy) is 1. The summed E-state index contributed by atoms with van der Waals surface area (Å²) in [7, 11) is 0. The fourth-order valence-electron chi connectivity index (χ4n) is 2.86. The van der Waals surface area contributed by atoms with E-state index in [1.807, 2.05) is 19.1 Å². The van der Waals surface area contributed by atoms with Gasteiger partial charge in [0.25, 0.3) is 6.43 Å². The molecule has 1 nitrogen and oxygen atoms in total. The first-order valence-electron chi connectivity index (χ1n) is 8.69. The zero-order valence-electron chi connectivity index (χ0n) is 15.0. The van der Waals surface area contributed by atoms with Gasteiger partial charge in [-0.05, 0) is 41.3 Å². The van der Waals surface area contributed by atoms with Gasteiger partial charge in [-0.25, -0.2) is 17.6 Å². The molecule has 0 fully saturated rings. The van der Waals surface area contributed by atoms with Crippen LogP contribution in [0.2, 0.25) is 0 Å². The smallest absolute Gasteiger partial charge is 0.272 e. The maximum absolute atomic E-state index is 14.6. The highest BCUT2D eigenvalue weighted by Gasteiger charge is 2.18. The van der Waals surface area contributed by atoms with Gasteiger partial charge in [0, 0.05) is 11.1 Å². The Morgan fingerprint density at radius 2 is 1.43 bits per heavy atom. The molecule has 0 heterocycles. The maximum Gasteiger partial charge on any atom is 0.272 e. The van der Waals surface area contributed by atoms with Crippen LogP contribution in [0, 0.1) is 17.5 Å². The van der Waals surface area contributed by atoms with Gasteiger partial charge in [-0.3, -0.25) is 0 Å². The molecule has 6 heteroatoms. The minimum absolute atomic E-state index is 0.128. The van der Waals surface area contributed by atoms with E-state index in [2.05, 4.69) is 4.74 Å². The molecule has 3 aromatic carbocycles. The number of aryl methyl sites for hydroxylation is 1. The lowest BCUT2D eigenvalue weighted by Crippen LogP contribution is -2.08. The summed E-state index contributed by atoms with van der Waals surface area (Å²) in [4.78, 5) is 0. The monoisotopic (exact) mass is 392 g/mol. The Bertz CT molecular complexity index is 967. The summed E-state index contributed by atoms with van der Waals surface area (Å²) in [6.07, 6.45) is -1.95. The van der Waals surface area contributed by atoms with E-state index < -0.39 is 36.2 Å². The highest BCUT2D eigenvalue weighted by molar-refractivity contribution is 5.72. The van der Waals surface area contributed by atoms with E-state index in [4.69, 9.17) is 0 Å². The summed E-state index contributed by atoms with van der Waals surface area (Å²) in [6.45, 7) is 0.970. The van der Waals surface area contributed by atoms with Crippen LogP contribution in [0.15, 0.2) is 54.6 Å². The lowest BCUT2D eigenvalue weighted by molar-refractivity contribution is 0.0795. The highest BCUT2D eigenvalue weighted by Crippen LogP contribution is 2.33. The fourth-order valence-corrected chi connectivity index (χ4v) is 2.86. The molecule has 0 bridgehead atoms. The highest BCUT2D eigenvalue weighted by atomic mass is 19.3. The van der Waals surface area contributed by atoms with E-state index in [-0.39, 0.29) is 11.1 Å². The molecule has 0 saturated heterocycles. The van der Waals surface area contributed by atoms with Crippen molar-refractivity contribution in [1.29, 1.82) is 0 Å². The Morgan fingerprint density at radius 3 is 2.04 bits per heavy atom. The van der Waals surface area contributed by atoms with Crippen molar-refractivity contribution in [3.8, 4) is 28.0 Å². The van der Waals surface area contributed by atoms with Gasteiger partial charge in [-0.1, -0.05) is 43.3 Å². The van der Waals surface area contributed by atoms with Gasteiger partial charge in [0.15, 0.2) is 11.6 Å². The Morgan fingerprint density at radius 1 is 0.786 bits per heavy atom. The van der Waals surface area contributed by atoms with Gasteiger partial charge < -0.3 is 4.74 Å². The zero-order valence-corrected chi connectivity index (χ0v) is 15.0. The summed E-state index contributed by atoms with van der Waals surface area (Å²) in [5.41, 5.74) is 2.07. The lowest BCUT2D eigenvalue weighted by Gasteiger charge is -2.11. The van der Waals surface area contributed by atoms with Gasteiger partial charge in [0.05, 0.1) is 0 Å². The minimum atomic E-state index is -2.81. The molecule has 28 heavy (non-hydrogen) atoms. The molecule has 0 saturated carbocycles. The number of halogens is 5. The average Bonchev–Trinajstić information content (AvgIpc) is 2.69. The molecule has 0 aliphatic heterocycles. The molecule has 0 spiro atoms. The van der Waals surface area contributed by atoms with Crippen LogP contribution < -0.4 is 4.74 Å². The molecular weight excluding hydrogens is 375 g/mol. The fraction of sp³-hybridized carbons (Fsp3) is 0.182. The van der Waals surface area contributed by atoms with Crippen LogP contribution in [-0.4, -0.2) is 13.0 Å². The molecule has 0 atom stereocenters. The number of benzene rings is 3. The van der Waals surface area contributed by atoms with Crippen LogP contribution in [0.5, 0.6) is 5.75 Å². The Balaban J connectivity index is 1.92. The summed E-state index contributed by atoms with van der Waals surface area (Å²) in [5, 5.41) is 0. The summed E-state index contributed by atoms with van der Waals surface area (Å²) in [6, 6.07) is 13.7. The van der Waals surface area contributed by atoms with E-state index >= 15 is 0 Å². The first kappa shape index (κ1) is 19.9. The third-order valence-corrected chi connectivity index (χ3v) is 4.36. The van der Waals surface area contributed by atoms with Crippen molar-refractivity contribution in [1.82, 2.24) is 0 Å². The van der Waals surface area contributed by atoms with Crippen LogP contribution >= 0.6 is 0 Å². The SMILES string of the molecule is CCc1ccc(-c2ccc(-c3ccc(OCC(F)F)c(F)c3F)cc2F)cc1. The van der Waals surface area contributed by atoms with Crippen molar-refractivity contribution in [2.75, 3.05) is 6.61 Å². The second-order valence-electron chi connectivity index (χ2n) is 6.19. The molecule has 0 amide bonds. The van der Waals surface area contributed by atoms with Gasteiger partial charge in [0.1, 0.15) is 12.4 Å². The van der Waals surface area contributed by atoms with Crippen LogP contribution in [0.1, 0.15) is 12.5 Å². The van der Waals surface area contributed by atoms with E-state index in [9.17, 15) is 22.0 Å². The van der Waals surface area contributed by atoms with Crippen LogP contribution in [-0.2, 0) is 6.42 Å². The van der Waals surface area contributed by atoms with Crippen LogP contribution in [0.25, 0.3) is 22.3 Å². The predicted octanol–water partition coefficient (Wildman–Crippen LogP) is 6.64. The molecule has 0 unspecified atom stereocenters. The van der Waals surface area contributed by atoms with Crippen LogP contribution in [0.4, 0.5) is 22.0 Å². The Kier molecular flexibility index (Phi) is 5.97. The lowest BCUT2D eigenvalue weighted by atomic mass is 9.98. The Hall–Kier alpha value is -2.89. The molecule has 146 valence electrons. The van der Waals surface area contributed by atoms with E-state index in [0.717, 1.165) is 24.1 Å². The first-order chi connectivity index (χ1) is 13.4. The molecule has 0 N–H and O–H groups in total. The van der Waals surface area contributed by atoms with Crippen molar-refractivity contribution in [3.63, 3.8) is 0 Å². The van der Waals surface area contributed by atoms with Gasteiger partial charge >= 0.3 is 0 Å². The van der Waals surface area contributed by atoms with Crippen LogP contribution in [0.3, 0.4) is 0 Å². The molecule has 0 aromatic heterocycles. The molecule has 3 rings (SSSR count). The molecular formula is C22H17F5O. The van der Waals surface area contributed by atoms with Crippen molar-refractivity contribution in [3.05, 3.63) is 77.6 Å². The van der Waals surface area contributed by atoms with Gasteiger partial charge in [-0.2, -0.15) is 4.39 Å². The standard InChI is InChI=1S/C22H17F5O/c1-2-13-3-5-14(6-4-13)16-8-7-15(11-18(16)23)17-9-10-19(22(27)21(17)26)28-12-20(24)25/h3-11,20H,2,12H2,1H3. The Labute approximate surface area is 159 Å². The third kappa shape index (κ3) is 4.16. The van der Waals surface area contributed by atoms with E-state index in [1.165, 1.54) is 18.2 Å². The third-order valence-electron chi connectivity index (χ3n) is 4.36. The second kappa shape index (κ2) is 8.42.